The molecule has 0 rings (SSSR count). The predicted octanol–water partition coefficient (Wildman–Crippen LogP) is -0.962. The standard InChI is InChI=1S/C4H5O2.Sn.3H/c1-3-4(5)6-2;;;;/h1H2,2H3;;;;. The van der Waals surface area contributed by atoms with E-state index in [-0.39, 0.29) is 28.5 Å². The molecule has 0 aliphatic heterocycles. The van der Waals surface area contributed by atoms with Crippen molar-refractivity contribution in [2.24, 2.45) is 0 Å². The summed E-state index contributed by atoms with van der Waals surface area (Å²) in [5.41, 5.74) is 0. The van der Waals surface area contributed by atoms with Crippen LogP contribution >= 0.6 is 0 Å². The molecule has 0 atom stereocenters. The van der Waals surface area contributed by atoms with E-state index in [1.807, 2.05) is 0 Å². The van der Waals surface area contributed by atoms with E-state index in [1.165, 1.54) is 7.11 Å². The molecular weight excluding hydrogens is 199 g/mol. The zero-order chi connectivity index (χ0) is 5.86. The van der Waals surface area contributed by atoms with Crippen LogP contribution in [0.1, 0.15) is 0 Å². The second-order valence-electron chi connectivity index (χ2n) is 1.27. The topological polar surface area (TPSA) is 26.3 Å². The van der Waals surface area contributed by atoms with Crippen LogP contribution in [-0.2, 0) is 9.53 Å². The van der Waals surface area contributed by atoms with Gasteiger partial charge >= 0.3 is 55.3 Å². The molecule has 0 bridgehead atoms. The van der Waals surface area contributed by atoms with Crippen molar-refractivity contribution in [3.8, 4) is 0 Å². The Labute approximate surface area is 55.6 Å². The van der Waals surface area contributed by atoms with E-state index < -0.39 is 0 Å². The van der Waals surface area contributed by atoms with Gasteiger partial charge in [-0.1, -0.05) is 0 Å². The molecule has 40 valence electrons. The molecule has 0 radical (unpaired) electrons. The van der Waals surface area contributed by atoms with Crippen molar-refractivity contribution in [1.29, 1.82) is 0 Å². The van der Waals surface area contributed by atoms with Gasteiger partial charge < -0.3 is 0 Å². The van der Waals surface area contributed by atoms with Gasteiger partial charge in [-0.2, -0.15) is 0 Å². The average Bonchev–Trinajstić information content (AvgIpc) is 1.65. The fraction of sp³-hybridized carbons (Fsp3) is 0.250. The summed E-state index contributed by atoms with van der Waals surface area (Å²) in [7, 11) is 1.36. The number of methoxy groups -OCH3 is 1. The second-order valence-corrected chi connectivity index (χ2v) is 4.72. The van der Waals surface area contributed by atoms with Crippen LogP contribution < -0.4 is 0 Å². The maximum absolute atomic E-state index is 10.2. The minimum absolute atomic E-state index is 0.228. The molecule has 0 aromatic rings. The first-order chi connectivity index (χ1) is 3.18. The molecule has 0 aliphatic rings. The zero-order valence-electron chi connectivity index (χ0n) is 4.52. The SMILES string of the molecule is C=[C]([SnH3])C(=O)OC. The molecule has 0 unspecified atom stereocenters. The summed E-state index contributed by atoms with van der Waals surface area (Å²) >= 11 is 0.228. The quantitative estimate of drug-likeness (QED) is 0.314. The number of hydrogen-bond acceptors (Lipinski definition) is 2. The van der Waals surface area contributed by atoms with Crippen LogP contribution in [-0.4, -0.2) is 35.6 Å². The van der Waals surface area contributed by atoms with Crippen molar-refractivity contribution >= 4 is 28.5 Å². The average molecular weight is 207 g/mol. The number of carbonyl (C=O) groups is 1. The molecule has 0 aliphatic carbocycles. The summed E-state index contributed by atoms with van der Waals surface area (Å²) < 4.78 is 4.97. The molecule has 0 fully saturated rings. The van der Waals surface area contributed by atoms with Crippen molar-refractivity contribution in [1.82, 2.24) is 0 Å². The van der Waals surface area contributed by atoms with E-state index in [9.17, 15) is 4.79 Å². The van der Waals surface area contributed by atoms with Crippen molar-refractivity contribution in [3.63, 3.8) is 0 Å². The van der Waals surface area contributed by atoms with Gasteiger partial charge in [0.1, 0.15) is 0 Å². The van der Waals surface area contributed by atoms with Crippen LogP contribution in [0, 0.1) is 0 Å². The van der Waals surface area contributed by atoms with E-state index >= 15 is 0 Å². The first-order valence-electron chi connectivity index (χ1n) is 1.92. The second kappa shape index (κ2) is 3.07. The molecule has 0 spiro atoms. The van der Waals surface area contributed by atoms with Gasteiger partial charge in [0.25, 0.3) is 0 Å². The molecule has 3 heteroatoms. The number of rotatable bonds is 1. The van der Waals surface area contributed by atoms with Gasteiger partial charge in [-0.3, -0.25) is 0 Å². The fourth-order valence-corrected chi connectivity index (χ4v) is 0.757. The Morgan fingerprint density at radius 1 is 1.86 bits per heavy atom. The van der Waals surface area contributed by atoms with E-state index in [4.69, 9.17) is 0 Å². The number of ether oxygens (including phenoxy) is 1. The Bertz CT molecular complexity index is 97.9. The summed E-state index contributed by atoms with van der Waals surface area (Å²) in [6.07, 6.45) is 0. The van der Waals surface area contributed by atoms with Gasteiger partial charge in [0.05, 0.1) is 0 Å². The molecule has 0 saturated heterocycles. The van der Waals surface area contributed by atoms with Crippen LogP contribution in [0.4, 0.5) is 0 Å². The van der Waals surface area contributed by atoms with Crippen molar-refractivity contribution in [3.05, 3.63) is 10.2 Å². The fourth-order valence-electron chi connectivity index (χ4n) is 0.174. The van der Waals surface area contributed by atoms with Gasteiger partial charge in [-0.25, -0.2) is 0 Å². The van der Waals surface area contributed by atoms with Gasteiger partial charge in [0, 0.05) is 0 Å². The Balaban J connectivity index is 3.58. The normalized spacial score (nSPS) is 8.14. The van der Waals surface area contributed by atoms with Gasteiger partial charge in [0.2, 0.25) is 0 Å². The van der Waals surface area contributed by atoms with Gasteiger partial charge in [0.15, 0.2) is 0 Å². The predicted molar refractivity (Wildman–Crippen MR) is 31.1 cm³/mol. The molecule has 0 aromatic carbocycles. The Hall–Kier alpha value is 0.00870. The number of esters is 1. The van der Waals surface area contributed by atoms with Crippen LogP contribution in [0.2, 0.25) is 0 Å². The summed E-state index contributed by atoms with van der Waals surface area (Å²) in [6.45, 7) is 3.44. The van der Waals surface area contributed by atoms with Crippen LogP contribution in [0.3, 0.4) is 0 Å². The third-order valence-electron chi connectivity index (χ3n) is 0.534. The Morgan fingerprint density at radius 3 is 2.29 bits per heavy atom. The van der Waals surface area contributed by atoms with E-state index in [1.54, 1.807) is 0 Å². The van der Waals surface area contributed by atoms with Crippen molar-refractivity contribution in [2.75, 3.05) is 7.11 Å². The van der Waals surface area contributed by atoms with Crippen molar-refractivity contribution in [2.45, 2.75) is 0 Å². The molecule has 0 saturated carbocycles. The molecule has 2 nitrogen and oxygen atoms in total. The van der Waals surface area contributed by atoms with E-state index in [2.05, 4.69) is 11.3 Å². The summed E-state index contributed by atoms with van der Waals surface area (Å²) in [5.74, 6) is -0.254. The van der Waals surface area contributed by atoms with Crippen molar-refractivity contribution < 1.29 is 9.53 Å². The molecule has 0 heterocycles. The zero-order valence-corrected chi connectivity index (χ0v) is 10.2. The third kappa shape index (κ3) is 2.67. The Morgan fingerprint density at radius 2 is 2.29 bits per heavy atom. The maximum atomic E-state index is 10.2. The van der Waals surface area contributed by atoms with Crippen LogP contribution in [0.5, 0.6) is 0 Å². The monoisotopic (exact) mass is 208 g/mol. The third-order valence-corrected chi connectivity index (χ3v) is 1.70. The summed E-state index contributed by atoms with van der Waals surface area (Å²) in [6, 6.07) is 0. The first-order valence-corrected chi connectivity index (χ1v) is 4.77. The summed E-state index contributed by atoms with van der Waals surface area (Å²) in [5, 5.41) is 0. The van der Waals surface area contributed by atoms with Gasteiger partial charge in [-0.15, -0.1) is 0 Å². The van der Waals surface area contributed by atoms with Crippen LogP contribution in [0.25, 0.3) is 0 Å². The first kappa shape index (κ1) is 7.01. The summed E-state index contributed by atoms with van der Waals surface area (Å²) in [4.78, 5) is 10.2. The van der Waals surface area contributed by atoms with Crippen LogP contribution in [0.15, 0.2) is 10.2 Å². The molecule has 0 amide bonds. The molecule has 7 heavy (non-hydrogen) atoms. The molecule has 0 N–H and O–H groups in total. The molecular formula is C4H8O2Sn. The number of carbonyl (C=O) groups excluding carboxylic acids is 1. The number of hydrogen-bond donors (Lipinski definition) is 0. The van der Waals surface area contributed by atoms with E-state index in [0.29, 0.717) is 3.59 Å². The molecule has 0 aromatic heterocycles. The van der Waals surface area contributed by atoms with E-state index in [0.717, 1.165) is 0 Å². The minimum atomic E-state index is -0.254. The van der Waals surface area contributed by atoms with Gasteiger partial charge in [-0.05, 0) is 0 Å². The Kier molecular flexibility index (Phi) is 3.07.